The summed E-state index contributed by atoms with van der Waals surface area (Å²) in [7, 11) is 1.73. The maximum Gasteiger partial charge on any atom is 0.0587 e. The summed E-state index contributed by atoms with van der Waals surface area (Å²) in [5, 5.41) is 3.38. The number of ether oxygens (including phenoxy) is 2. The SMILES string of the molecule is CCC(=CC1CCOC1)CNCCOC. The molecule has 0 aromatic carbocycles. The topological polar surface area (TPSA) is 30.5 Å². The Morgan fingerprint density at radius 2 is 2.47 bits per heavy atom. The molecule has 1 rings (SSSR count). The molecule has 0 radical (unpaired) electrons. The van der Waals surface area contributed by atoms with E-state index in [1.165, 1.54) is 12.0 Å². The van der Waals surface area contributed by atoms with Crippen LogP contribution in [-0.4, -0.2) is 40.0 Å². The van der Waals surface area contributed by atoms with Crippen LogP contribution in [0.3, 0.4) is 0 Å². The Hall–Kier alpha value is -0.380. The fourth-order valence-corrected chi connectivity index (χ4v) is 1.74. The predicted octanol–water partition coefficient (Wildman–Crippen LogP) is 1.60. The van der Waals surface area contributed by atoms with Crippen LogP contribution in [0.15, 0.2) is 11.6 Å². The van der Waals surface area contributed by atoms with Crippen molar-refractivity contribution in [3.63, 3.8) is 0 Å². The van der Waals surface area contributed by atoms with E-state index in [0.717, 1.165) is 39.3 Å². The van der Waals surface area contributed by atoms with E-state index in [1.54, 1.807) is 7.11 Å². The van der Waals surface area contributed by atoms with Crippen molar-refractivity contribution in [3.05, 3.63) is 11.6 Å². The molecule has 3 heteroatoms. The summed E-state index contributed by atoms with van der Waals surface area (Å²) >= 11 is 0. The van der Waals surface area contributed by atoms with Crippen LogP contribution in [0.4, 0.5) is 0 Å². The molecule has 1 heterocycles. The monoisotopic (exact) mass is 213 g/mol. The summed E-state index contributed by atoms with van der Waals surface area (Å²) in [6.07, 6.45) is 4.69. The smallest absolute Gasteiger partial charge is 0.0587 e. The second kappa shape index (κ2) is 7.85. The highest BCUT2D eigenvalue weighted by atomic mass is 16.5. The molecular formula is C12H23NO2. The van der Waals surface area contributed by atoms with Gasteiger partial charge in [0.2, 0.25) is 0 Å². The van der Waals surface area contributed by atoms with E-state index in [9.17, 15) is 0 Å². The van der Waals surface area contributed by atoms with Gasteiger partial charge in [0.1, 0.15) is 0 Å². The fraction of sp³-hybridized carbons (Fsp3) is 0.833. The van der Waals surface area contributed by atoms with Gasteiger partial charge >= 0.3 is 0 Å². The lowest BCUT2D eigenvalue weighted by atomic mass is 10.0. The summed E-state index contributed by atoms with van der Waals surface area (Å²) in [4.78, 5) is 0. The zero-order chi connectivity index (χ0) is 10.9. The zero-order valence-electron chi connectivity index (χ0n) is 9.92. The molecule has 0 aromatic heterocycles. The number of hydrogen-bond donors (Lipinski definition) is 1. The predicted molar refractivity (Wildman–Crippen MR) is 62.0 cm³/mol. The summed E-state index contributed by atoms with van der Waals surface area (Å²) in [5.74, 6) is 0.643. The molecule has 88 valence electrons. The Kier molecular flexibility index (Phi) is 6.64. The molecule has 1 unspecified atom stereocenters. The average molecular weight is 213 g/mol. The largest absolute Gasteiger partial charge is 0.383 e. The minimum Gasteiger partial charge on any atom is -0.383 e. The van der Waals surface area contributed by atoms with E-state index >= 15 is 0 Å². The molecule has 0 spiro atoms. The van der Waals surface area contributed by atoms with E-state index in [2.05, 4.69) is 18.3 Å². The Morgan fingerprint density at radius 1 is 1.60 bits per heavy atom. The molecule has 0 bridgehead atoms. The lowest BCUT2D eigenvalue weighted by Crippen LogP contribution is -2.22. The van der Waals surface area contributed by atoms with Gasteiger partial charge in [-0.15, -0.1) is 0 Å². The Bertz CT molecular complexity index is 186. The minimum absolute atomic E-state index is 0.643. The van der Waals surface area contributed by atoms with Gasteiger partial charge in [-0.3, -0.25) is 0 Å². The van der Waals surface area contributed by atoms with Gasteiger partial charge in [0.25, 0.3) is 0 Å². The van der Waals surface area contributed by atoms with Crippen molar-refractivity contribution >= 4 is 0 Å². The standard InChI is InChI=1S/C12H23NO2/c1-3-11(9-13-5-7-14-2)8-12-4-6-15-10-12/h8,12-13H,3-7,9-10H2,1-2H3. The van der Waals surface area contributed by atoms with E-state index in [4.69, 9.17) is 9.47 Å². The van der Waals surface area contributed by atoms with Crippen LogP contribution in [0.2, 0.25) is 0 Å². The van der Waals surface area contributed by atoms with Crippen molar-refractivity contribution in [1.82, 2.24) is 5.32 Å². The first kappa shape index (κ1) is 12.7. The molecule has 3 nitrogen and oxygen atoms in total. The van der Waals surface area contributed by atoms with Crippen molar-refractivity contribution in [3.8, 4) is 0 Å². The summed E-state index contributed by atoms with van der Waals surface area (Å²) in [5.41, 5.74) is 1.49. The van der Waals surface area contributed by atoms with Crippen LogP contribution in [0.5, 0.6) is 0 Å². The number of hydrogen-bond acceptors (Lipinski definition) is 3. The fourth-order valence-electron chi connectivity index (χ4n) is 1.74. The highest BCUT2D eigenvalue weighted by molar-refractivity contribution is 5.06. The molecule has 1 aliphatic heterocycles. The molecule has 0 saturated carbocycles. The van der Waals surface area contributed by atoms with Gasteiger partial charge in [-0.2, -0.15) is 0 Å². The van der Waals surface area contributed by atoms with Crippen molar-refractivity contribution in [2.45, 2.75) is 19.8 Å². The first-order chi connectivity index (χ1) is 7.36. The molecule has 1 aliphatic rings. The third-order valence-corrected chi connectivity index (χ3v) is 2.73. The zero-order valence-corrected chi connectivity index (χ0v) is 9.92. The molecule has 0 aromatic rings. The van der Waals surface area contributed by atoms with Crippen molar-refractivity contribution in [2.24, 2.45) is 5.92 Å². The lowest BCUT2D eigenvalue weighted by Gasteiger charge is -2.09. The van der Waals surface area contributed by atoms with Crippen molar-refractivity contribution in [1.29, 1.82) is 0 Å². The van der Waals surface area contributed by atoms with E-state index in [1.807, 2.05) is 0 Å². The van der Waals surface area contributed by atoms with Crippen LogP contribution in [0, 0.1) is 5.92 Å². The molecule has 1 fully saturated rings. The van der Waals surface area contributed by atoms with E-state index in [0.29, 0.717) is 5.92 Å². The quantitative estimate of drug-likeness (QED) is 0.514. The molecule has 1 N–H and O–H groups in total. The van der Waals surface area contributed by atoms with Crippen LogP contribution in [0.1, 0.15) is 19.8 Å². The van der Waals surface area contributed by atoms with E-state index in [-0.39, 0.29) is 0 Å². The number of methoxy groups -OCH3 is 1. The summed E-state index contributed by atoms with van der Waals surface area (Å²) in [6.45, 7) is 6.73. The van der Waals surface area contributed by atoms with Gasteiger partial charge in [-0.05, 0) is 12.8 Å². The van der Waals surface area contributed by atoms with Crippen molar-refractivity contribution < 1.29 is 9.47 Å². The Labute approximate surface area is 92.8 Å². The van der Waals surface area contributed by atoms with Gasteiger partial charge in [-0.1, -0.05) is 18.6 Å². The Morgan fingerprint density at radius 3 is 3.07 bits per heavy atom. The highest BCUT2D eigenvalue weighted by Crippen LogP contribution is 2.16. The van der Waals surface area contributed by atoms with Crippen LogP contribution in [-0.2, 0) is 9.47 Å². The maximum absolute atomic E-state index is 5.36. The van der Waals surface area contributed by atoms with Crippen LogP contribution >= 0.6 is 0 Å². The van der Waals surface area contributed by atoms with Gasteiger partial charge < -0.3 is 14.8 Å². The second-order valence-corrected chi connectivity index (χ2v) is 3.97. The van der Waals surface area contributed by atoms with E-state index < -0.39 is 0 Å². The minimum atomic E-state index is 0.643. The molecular weight excluding hydrogens is 190 g/mol. The molecule has 15 heavy (non-hydrogen) atoms. The normalized spacial score (nSPS) is 22.3. The maximum atomic E-state index is 5.36. The first-order valence-electron chi connectivity index (χ1n) is 5.83. The molecule has 1 saturated heterocycles. The lowest BCUT2D eigenvalue weighted by molar-refractivity contribution is 0.191. The van der Waals surface area contributed by atoms with Gasteiger partial charge in [0.05, 0.1) is 13.2 Å². The highest BCUT2D eigenvalue weighted by Gasteiger charge is 2.13. The molecule has 0 amide bonds. The third kappa shape index (κ3) is 5.30. The third-order valence-electron chi connectivity index (χ3n) is 2.73. The number of nitrogens with one attached hydrogen (secondary N) is 1. The van der Waals surface area contributed by atoms with Gasteiger partial charge in [0.15, 0.2) is 0 Å². The Balaban J connectivity index is 2.21. The molecule has 1 atom stereocenters. The van der Waals surface area contributed by atoms with Gasteiger partial charge in [0, 0.05) is 32.7 Å². The second-order valence-electron chi connectivity index (χ2n) is 3.97. The number of rotatable bonds is 7. The summed E-state index contributed by atoms with van der Waals surface area (Å²) < 4.78 is 10.3. The average Bonchev–Trinajstić information content (AvgIpc) is 2.75. The molecule has 0 aliphatic carbocycles. The summed E-state index contributed by atoms with van der Waals surface area (Å²) in [6, 6.07) is 0. The van der Waals surface area contributed by atoms with Crippen LogP contribution < -0.4 is 5.32 Å². The first-order valence-corrected chi connectivity index (χ1v) is 5.83. The van der Waals surface area contributed by atoms with Gasteiger partial charge in [-0.25, -0.2) is 0 Å². The van der Waals surface area contributed by atoms with Crippen LogP contribution in [0.25, 0.3) is 0 Å². The van der Waals surface area contributed by atoms with Crippen molar-refractivity contribution in [2.75, 3.05) is 40.0 Å².